The molecule has 4 aromatic rings. The van der Waals surface area contributed by atoms with Crippen molar-refractivity contribution in [3.8, 4) is 29.3 Å². The third-order valence-electron chi connectivity index (χ3n) is 8.75. The van der Waals surface area contributed by atoms with Gasteiger partial charge in [0, 0.05) is 24.8 Å². The van der Waals surface area contributed by atoms with Crippen molar-refractivity contribution in [3.63, 3.8) is 0 Å². The number of fused-ring (bicyclic) bond motifs is 9. The second-order valence-electron chi connectivity index (χ2n) is 12.1. The SMILES string of the molecule is COc1ccc2cc1OCc1cc3ccc(O)c(c3cc1CO)CC#COC(CCCCCCCc1ccccc1)CC(=O)CC2. The van der Waals surface area contributed by atoms with Gasteiger partial charge in [0.1, 0.15) is 30.4 Å². The average Bonchev–Trinajstić information content (AvgIpc) is 3.08. The van der Waals surface area contributed by atoms with E-state index in [4.69, 9.17) is 14.2 Å². The maximum absolute atomic E-state index is 13.1. The van der Waals surface area contributed by atoms with Crippen LogP contribution in [0.3, 0.4) is 0 Å². The van der Waals surface area contributed by atoms with E-state index in [1.165, 1.54) is 18.4 Å². The van der Waals surface area contributed by atoms with Crippen LogP contribution in [0.4, 0.5) is 0 Å². The van der Waals surface area contributed by atoms with Gasteiger partial charge in [-0.25, -0.2) is 0 Å². The molecular formula is C40H44O6. The molecule has 4 aromatic carbocycles. The maximum atomic E-state index is 13.1. The number of aliphatic hydroxyl groups excluding tert-OH is 1. The zero-order valence-corrected chi connectivity index (χ0v) is 26.7. The summed E-state index contributed by atoms with van der Waals surface area (Å²) in [5.74, 6) is 4.54. The van der Waals surface area contributed by atoms with Gasteiger partial charge in [0.2, 0.25) is 0 Å². The first-order valence-corrected chi connectivity index (χ1v) is 16.4. The summed E-state index contributed by atoms with van der Waals surface area (Å²) in [6, 6.07) is 23.7. The van der Waals surface area contributed by atoms with E-state index in [9.17, 15) is 15.0 Å². The lowest BCUT2D eigenvalue weighted by atomic mass is 9.96. The Labute approximate surface area is 272 Å². The molecule has 0 aromatic heterocycles. The second kappa shape index (κ2) is 16.7. The molecule has 6 heteroatoms. The van der Waals surface area contributed by atoms with E-state index in [1.54, 1.807) is 13.2 Å². The van der Waals surface area contributed by atoms with E-state index in [2.05, 4.69) is 42.4 Å². The highest BCUT2D eigenvalue weighted by Crippen LogP contribution is 2.33. The lowest BCUT2D eigenvalue weighted by Gasteiger charge is -2.16. The molecule has 0 saturated heterocycles. The zero-order valence-electron chi connectivity index (χ0n) is 26.7. The largest absolute Gasteiger partial charge is 0.508 e. The Kier molecular flexibility index (Phi) is 12.0. The monoisotopic (exact) mass is 620 g/mol. The van der Waals surface area contributed by atoms with Crippen LogP contribution in [0.1, 0.15) is 79.2 Å². The molecule has 0 aliphatic carbocycles. The number of rotatable bonds is 10. The van der Waals surface area contributed by atoms with Crippen molar-refractivity contribution in [2.24, 2.45) is 0 Å². The molecular weight excluding hydrogens is 576 g/mol. The summed E-state index contributed by atoms with van der Waals surface area (Å²) in [5.41, 5.74) is 4.58. The Hall–Kier alpha value is -4.47. The minimum absolute atomic E-state index is 0.137. The Balaban J connectivity index is 1.31. The molecule has 240 valence electrons. The third-order valence-corrected chi connectivity index (χ3v) is 8.75. The number of ether oxygens (including phenoxy) is 3. The highest BCUT2D eigenvalue weighted by Gasteiger charge is 2.17. The molecule has 0 fully saturated rings. The molecule has 6 bridgehead atoms. The van der Waals surface area contributed by atoms with Crippen molar-refractivity contribution in [3.05, 3.63) is 101 Å². The fraction of sp³-hybridized carbons (Fsp3) is 0.375. The van der Waals surface area contributed by atoms with Gasteiger partial charge in [-0.2, -0.15) is 0 Å². The number of hydrogen-bond acceptors (Lipinski definition) is 6. The molecule has 46 heavy (non-hydrogen) atoms. The van der Waals surface area contributed by atoms with Crippen LogP contribution >= 0.6 is 0 Å². The first kappa shape index (κ1) is 32.9. The van der Waals surface area contributed by atoms with E-state index in [0.717, 1.165) is 54.0 Å². The molecule has 0 radical (unpaired) electrons. The van der Waals surface area contributed by atoms with Gasteiger partial charge in [0.25, 0.3) is 0 Å². The molecule has 2 N–H and O–H groups in total. The van der Waals surface area contributed by atoms with Crippen LogP contribution in [-0.4, -0.2) is 29.2 Å². The van der Waals surface area contributed by atoms with Crippen LogP contribution in [0, 0.1) is 12.0 Å². The zero-order chi connectivity index (χ0) is 32.1. The molecule has 2 aliphatic heterocycles. The number of benzene rings is 4. The molecule has 1 atom stereocenters. The second-order valence-corrected chi connectivity index (χ2v) is 12.1. The molecule has 0 spiro atoms. The number of methoxy groups -OCH3 is 1. The van der Waals surface area contributed by atoms with Gasteiger partial charge in [-0.3, -0.25) is 4.79 Å². The van der Waals surface area contributed by atoms with Crippen molar-refractivity contribution in [2.45, 2.75) is 89.9 Å². The van der Waals surface area contributed by atoms with Gasteiger partial charge in [-0.05, 0) is 95.5 Å². The first-order chi connectivity index (χ1) is 22.5. The molecule has 6 rings (SSSR count). The van der Waals surface area contributed by atoms with Crippen molar-refractivity contribution in [2.75, 3.05) is 7.11 Å². The van der Waals surface area contributed by atoms with Crippen molar-refractivity contribution in [1.82, 2.24) is 0 Å². The van der Waals surface area contributed by atoms with Gasteiger partial charge < -0.3 is 24.4 Å². The molecule has 1 unspecified atom stereocenters. The van der Waals surface area contributed by atoms with Crippen LogP contribution in [0.15, 0.2) is 72.8 Å². The van der Waals surface area contributed by atoms with Crippen LogP contribution in [0.25, 0.3) is 10.8 Å². The molecule has 0 saturated carbocycles. The number of carbonyl (C=O) groups is 1. The fourth-order valence-electron chi connectivity index (χ4n) is 6.10. The third kappa shape index (κ3) is 9.05. The van der Waals surface area contributed by atoms with Crippen LogP contribution < -0.4 is 9.47 Å². The highest BCUT2D eigenvalue weighted by atomic mass is 16.5. The van der Waals surface area contributed by atoms with Gasteiger partial charge in [0.15, 0.2) is 11.5 Å². The van der Waals surface area contributed by atoms with E-state index >= 15 is 0 Å². The first-order valence-electron chi connectivity index (χ1n) is 16.4. The normalized spacial score (nSPS) is 15.3. The average molecular weight is 621 g/mol. The summed E-state index contributed by atoms with van der Waals surface area (Å²) >= 11 is 0. The smallest absolute Gasteiger partial charge is 0.161 e. The molecule has 6 nitrogen and oxygen atoms in total. The van der Waals surface area contributed by atoms with E-state index in [1.807, 2.05) is 36.4 Å². The predicted octanol–water partition coefficient (Wildman–Crippen LogP) is 8.00. The summed E-state index contributed by atoms with van der Waals surface area (Å²) in [7, 11) is 1.60. The number of unbranched alkanes of at least 4 members (excludes halogenated alkanes) is 4. The Morgan fingerprint density at radius 3 is 2.59 bits per heavy atom. The van der Waals surface area contributed by atoms with Gasteiger partial charge in [0.05, 0.1) is 13.7 Å². The lowest BCUT2D eigenvalue weighted by Crippen LogP contribution is -2.16. The standard InChI is InChI=1S/C40H44O6/c1-44-39-21-17-30-16-19-34(42)26-35(14-9-4-2-3-6-11-29-12-7-5-8-13-29)45-22-10-15-36-37-25-32(27-41)33(28-46-40(39)23-30)24-31(37)18-20-38(36)43/h5,7-8,12-13,17-18,20-21,23-25,35,41,43H,2-4,6,9,11,14-16,19,26-28H2,1H3. The number of phenols is 1. The summed E-state index contributed by atoms with van der Waals surface area (Å²) in [6.45, 7) is 0.0512. The summed E-state index contributed by atoms with van der Waals surface area (Å²) < 4.78 is 17.8. The number of ketones is 1. The number of Topliss-reactive ketones (excluding diaryl/α,β-unsaturated/α-hetero) is 1. The molecule has 2 aliphatic rings. The fourth-order valence-corrected chi connectivity index (χ4v) is 6.10. The molecule has 2 heterocycles. The summed E-state index contributed by atoms with van der Waals surface area (Å²) in [6.07, 6.45) is 11.6. The Bertz CT molecular complexity index is 1670. The van der Waals surface area contributed by atoms with Gasteiger partial charge >= 0.3 is 0 Å². The lowest BCUT2D eigenvalue weighted by molar-refractivity contribution is -0.121. The minimum atomic E-state index is -0.286. The number of phenolic OH excluding ortho intramolecular Hbond substituents is 1. The highest BCUT2D eigenvalue weighted by molar-refractivity contribution is 5.89. The van der Waals surface area contributed by atoms with E-state index < -0.39 is 0 Å². The Morgan fingerprint density at radius 1 is 0.935 bits per heavy atom. The van der Waals surface area contributed by atoms with Crippen molar-refractivity contribution >= 4 is 16.6 Å². The topological polar surface area (TPSA) is 85.2 Å². The summed E-state index contributed by atoms with van der Waals surface area (Å²) in [5, 5.41) is 22.7. The number of aliphatic hydroxyl groups is 1. The van der Waals surface area contributed by atoms with Crippen LogP contribution in [0.5, 0.6) is 17.2 Å². The number of carbonyl (C=O) groups excluding carboxylic acids is 1. The van der Waals surface area contributed by atoms with Crippen LogP contribution in [-0.2, 0) is 42.0 Å². The number of aromatic hydroxyl groups is 1. The quantitative estimate of drug-likeness (QED) is 0.138. The predicted molar refractivity (Wildman–Crippen MR) is 181 cm³/mol. The maximum Gasteiger partial charge on any atom is 0.161 e. The number of aryl methyl sites for hydroxylation is 2. The van der Waals surface area contributed by atoms with Gasteiger partial charge in [-0.1, -0.05) is 67.6 Å². The minimum Gasteiger partial charge on any atom is -0.508 e. The van der Waals surface area contributed by atoms with E-state index in [-0.39, 0.29) is 37.3 Å². The summed E-state index contributed by atoms with van der Waals surface area (Å²) in [4.78, 5) is 13.1. The number of hydrogen-bond donors (Lipinski definition) is 2. The molecule has 0 amide bonds. The van der Waals surface area contributed by atoms with Crippen molar-refractivity contribution in [1.29, 1.82) is 0 Å². The van der Waals surface area contributed by atoms with E-state index in [0.29, 0.717) is 41.9 Å². The Morgan fingerprint density at radius 2 is 1.76 bits per heavy atom. The van der Waals surface area contributed by atoms with Gasteiger partial charge in [-0.15, -0.1) is 0 Å². The van der Waals surface area contributed by atoms with Crippen LogP contribution in [0.2, 0.25) is 0 Å². The van der Waals surface area contributed by atoms with Crippen molar-refractivity contribution < 1.29 is 29.2 Å².